The number of hydrogen-bond acceptors (Lipinski definition) is 3. The second-order valence-electron chi connectivity index (χ2n) is 7.90. The zero-order valence-corrected chi connectivity index (χ0v) is 17.8. The van der Waals surface area contributed by atoms with Gasteiger partial charge in [0.25, 0.3) is 0 Å². The van der Waals surface area contributed by atoms with Crippen LogP contribution in [0.5, 0.6) is 0 Å². The fraction of sp³-hybridized carbons (Fsp3) is 0.650. The third-order valence-corrected chi connectivity index (χ3v) is 6.24. The minimum Gasteiger partial charge on any atom is -0.382 e. The first kappa shape index (κ1) is 21.5. The van der Waals surface area contributed by atoms with Gasteiger partial charge in [-0.2, -0.15) is 11.8 Å². The van der Waals surface area contributed by atoms with Crippen LogP contribution < -0.4 is 0 Å². The van der Waals surface area contributed by atoms with Crippen molar-refractivity contribution in [2.45, 2.75) is 57.4 Å². The summed E-state index contributed by atoms with van der Waals surface area (Å²) in [6, 6.07) is 4.55. The average molecular weight is 402 g/mol. The lowest BCUT2D eigenvalue weighted by atomic mass is 10.0. The van der Waals surface area contributed by atoms with Crippen LogP contribution in [0.4, 0.5) is 4.39 Å². The number of rotatable bonds is 8. The van der Waals surface area contributed by atoms with Crippen LogP contribution in [0.3, 0.4) is 0 Å². The van der Waals surface area contributed by atoms with E-state index in [2.05, 4.69) is 20.8 Å². The van der Waals surface area contributed by atoms with E-state index in [1.807, 2.05) is 16.7 Å². The van der Waals surface area contributed by atoms with Gasteiger partial charge >= 0.3 is 0 Å². The number of nitrogens with zero attached hydrogens (tertiary/aromatic N) is 1. The Labute approximate surface area is 165 Å². The van der Waals surface area contributed by atoms with Crippen LogP contribution in [0.1, 0.15) is 52.1 Å². The van der Waals surface area contributed by atoms with Gasteiger partial charge in [-0.25, -0.2) is 4.39 Å². The van der Waals surface area contributed by atoms with Gasteiger partial charge in [0.15, 0.2) is 0 Å². The van der Waals surface area contributed by atoms with E-state index < -0.39 is 5.82 Å². The Bertz CT molecular complexity index is 631. The highest BCUT2D eigenvalue weighted by molar-refractivity contribution is 8.00. The smallest absolute Gasteiger partial charge is 0.220 e. The van der Waals surface area contributed by atoms with E-state index in [-0.39, 0.29) is 27.8 Å². The minimum atomic E-state index is -0.471. The van der Waals surface area contributed by atoms with E-state index in [1.165, 1.54) is 6.07 Å². The fourth-order valence-corrected chi connectivity index (χ4v) is 4.38. The van der Waals surface area contributed by atoms with E-state index in [0.717, 1.165) is 24.2 Å². The molecule has 1 fully saturated rings. The van der Waals surface area contributed by atoms with E-state index in [9.17, 15) is 9.18 Å². The molecule has 26 heavy (non-hydrogen) atoms. The topological polar surface area (TPSA) is 29.5 Å². The summed E-state index contributed by atoms with van der Waals surface area (Å²) in [7, 11) is 1.60. The second-order valence-corrected chi connectivity index (χ2v) is 10.2. The minimum absolute atomic E-state index is 0.00572. The molecule has 0 saturated heterocycles. The van der Waals surface area contributed by atoms with Gasteiger partial charge in [-0.1, -0.05) is 38.4 Å². The van der Waals surface area contributed by atoms with Crippen LogP contribution >= 0.6 is 23.4 Å². The molecule has 2 atom stereocenters. The van der Waals surface area contributed by atoms with Crippen LogP contribution in [-0.4, -0.2) is 41.1 Å². The highest BCUT2D eigenvalue weighted by Gasteiger charge is 2.40. The molecule has 1 unspecified atom stereocenters. The predicted molar refractivity (Wildman–Crippen MR) is 107 cm³/mol. The van der Waals surface area contributed by atoms with Gasteiger partial charge in [0.2, 0.25) is 5.91 Å². The summed E-state index contributed by atoms with van der Waals surface area (Å²) < 4.78 is 19.6. The maximum Gasteiger partial charge on any atom is 0.220 e. The number of ether oxygens (including phenoxy) is 1. The second kappa shape index (κ2) is 8.94. The standard InChI is InChI=1S/C20H29ClFNO2S/c1-13(24)23(19(14-6-7-14)12-26-20(2,3)4)18(11-25-5)15-8-9-16(21)17(22)10-15/h8-10,14,18-19H,6-7,11-12H2,1-5H3/t18-,19?/m0/s1. The molecule has 1 aromatic carbocycles. The van der Waals surface area contributed by atoms with Crippen LogP contribution in [0.25, 0.3) is 0 Å². The Kier molecular flexibility index (Phi) is 7.40. The third-order valence-electron chi connectivity index (χ3n) is 4.56. The first-order valence-corrected chi connectivity index (χ1v) is 10.4. The summed E-state index contributed by atoms with van der Waals surface area (Å²) in [6.45, 7) is 8.46. The quantitative estimate of drug-likeness (QED) is 0.590. The van der Waals surface area contributed by atoms with Crippen molar-refractivity contribution in [2.75, 3.05) is 19.5 Å². The largest absolute Gasteiger partial charge is 0.382 e. The number of benzene rings is 1. The normalized spacial score (nSPS) is 17.0. The van der Waals surface area contributed by atoms with E-state index in [1.54, 1.807) is 26.2 Å². The Balaban J connectivity index is 2.34. The molecule has 0 heterocycles. The van der Waals surface area contributed by atoms with Crippen molar-refractivity contribution in [3.05, 3.63) is 34.6 Å². The number of amides is 1. The van der Waals surface area contributed by atoms with Gasteiger partial charge in [-0.3, -0.25) is 4.79 Å². The molecule has 0 radical (unpaired) electrons. The first-order chi connectivity index (χ1) is 12.1. The molecule has 0 aromatic heterocycles. The lowest BCUT2D eigenvalue weighted by Crippen LogP contribution is -2.46. The van der Waals surface area contributed by atoms with Crippen LogP contribution in [0.15, 0.2) is 18.2 Å². The molecule has 1 aliphatic carbocycles. The van der Waals surface area contributed by atoms with Gasteiger partial charge < -0.3 is 9.64 Å². The molecule has 6 heteroatoms. The third kappa shape index (κ3) is 5.86. The van der Waals surface area contributed by atoms with Gasteiger partial charge in [0, 0.05) is 30.6 Å². The lowest BCUT2D eigenvalue weighted by Gasteiger charge is -2.39. The number of carbonyl (C=O) groups excluding carboxylic acids is 1. The average Bonchev–Trinajstić information content (AvgIpc) is 3.36. The molecule has 2 rings (SSSR count). The van der Waals surface area contributed by atoms with Crippen molar-refractivity contribution in [1.29, 1.82) is 0 Å². The summed E-state index contributed by atoms with van der Waals surface area (Å²) in [4.78, 5) is 14.5. The summed E-state index contributed by atoms with van der Waals surface area (Å²) in [5.41, 5.74) is 0.718. The summed E-state index contributed by atoms with van der Waals surface area (Å²) in [5, 5.41) is 0.0846. The lowest BCUT2D eigenvalue weighted by molar-refractivity contribution is -0.135. The van der Waals surface area contributed by atoms with Crippen molar-refractivity contribution in [2.24, 2.45) is 5.92 Å². The SMILES string of the molecule is COC[C@@H](c1ccc(Cl)c(F)c1)N(C(C)=O)C(CSC(C)(C)C)C1CC1. The molecule has 0 N–H and O–H groups in total. The molecule has 0 bridgehead atoms. The fourth-order valence-electron chi connectivity index (χ4n) is 3.16. The van der Waals surface area contributed by atoms with Crippen molar-refractivity contribution >= 4 is 29.3 Å². The molecule has 0 aliphatic heterocycles. The van der Waals surface area contributed by atoms with Crippen molar-refractivity contribution in [3.8, 4) is 0 Å². The van der Waals surface area contributed by atoms with E-state index >= 15 is 0 Å². The highest BCUT2D eigenvalue weighted by atomic mass is 35.5. The number of hydrogen-bond donors (Lipinski definition) is 0. The number of halogens is 2. The van der Waals surface area contributed by atoms with Crippen molar-refractivity contribution in [3.63, 3.8) is 0 Å². The Morgan fingerprint density at radius 1 is 1.42 bits per heavy atom. The molecule has 1 saturated carbocycles. The first-order valence-electron chi connectivity index (χ1n) is 9.00. The van der Waals surface area contributed by atoms with E-state index in [0.29, 0.717) is 12.5 Å². The molecule has 1 amide bonds. The Morgan fingerprint density at radius 2 is 2.08 bits per heavy atom. The number of carbonyl (C=O) groups is 1. The molecule has 0 spiro atoms. The number of methoxy groups -OCH3 is 1. The summed E-state index contributed by atoms with van der Waals surface area (Å²) >= 11 is 7.70. The summed E-state index contributed by atoms with van der Waals surface area (Å²) in [5.74, 6) is 0.893. The zero-order chi connectivity index (χ0) is 19.5. The van der Waals surface area contributed by atoms with E-state index in [4.69, 9.17) is 16.3 Å². The van der Waals surface area contributed by atoms with Crippen molar-refractivity contribution in [1.82, 2.24) is 4.90 Å². The molecular formula is C20H29ClFNO2S. The number of thioether (sulfide) groups is 1. The molecule has 146 valence electrons. The van der Waals surface area contributed by atoms with Gasteiger partial charge in [-0.15, -0.1) is 0 Å². The van der Waals surface area contributed by atoms with Crippen LogP contribution in [-0.2, 0) is 9.53 Å². The molecule has 1 aliphatic rings. The summed E-state index contributed by atoms with van der Waals surface area (Å²) in [6.07, 6.45) is 2.27. The van der Waals surface area contributed by atoms with Crippen molar-refractivity contribution < 1.29 is 13.9 Å². The van der Waals surface area contributed by atoms with Gasteiger partial charge in [-0.05, 0) is 36.5 Å². The highest BCUT2D eigenvalue weighted by Crippen LogP contribution is 2.41. The Morgan fingerprint density at radius 3 is 2.54 bits per heavy atom. The molecule has 1 aromatic rings. The van der Waals surface area contributed by atoms with Crippen LogP contribution in [0.2, 0.25) is 5.02 Å². The molecule has 3 nitrogen and oxygen atoms in total. The maximum atomic E-state index is 14.0. The Hall–Kier alpha value is -0.780. The van der Waals surface area contributed by atoms with Gasteiger partial charge in [0.1, 0.15) is 5.82 Å². The van der Waals surface area contributed by atoms with Crippen LogP contribution in [0, 0.1) is 11.7 Å². The zero-order valence-electron chi connectivity index (χ0n) is 16.2. The van der Waals surface area contributed by atoms with Gasteiger partial charge in [0.05, 0.1) is 17.7 Å². The monoisotopic (exact) mass is 401 g/mol. The maximum absolute atomic E-state index is 14.0. The molecular weight excluding hydrogens is 373 g/mol. The predicted octanol–water partition coefficient (Wildman–Crippen LogP) is 5.33.